The Labute approximate surface area is 147 Å². The molecule has 1 fully saturated rings. The van der Waals surface area contributed by atoms with Crippen LogP contribution in [0.25, 0.3) is 10.9 Å². The maximum Gasteiger partial charge on any atom is 0.241 e. The van der Waals surface area contributed by atoms with Crippen LogP contribution in [0.3, 0.4) is 0 Å². The number of hydrogen-bond donors (Lipinski definition) is 1. The van der Waals surface area contributed by atoms with Gasteiger partial charge in [-0.05, 0) is 44.9 Å². The molecule has 1 aromatic heterocycles. The zero-order chi connectivity index (χ0) is 17.6. The van der Waals surface area contributed by atoms with Crippen LogP contribution in [-0.2, 0) is 11.3 Å². The van der Waals surface area contributed by atoms with Crippen molar-refractivity contribution in [2.24, 2.45) is 0 Å². The number of likely N-dealkylation sites (tertiary alicyclic amines) is 1. The first-order valence-corrected chi connectivity index (χ1v) is 9.11. The van der Waals surface area contributed by atoms with E-state index in [2.05, 4.69) is 22.2 Å². The third-order valence-corrected chi connectivity index (χ3v) is 4.94. The van der Waals surface area contributed by atoms with Crippen molar-refractivity contribution in [3.8, 4) is 0 Å². The molecule has 1 unspecified atom stereocenters. The molecule has 1 aliphatic heterocycles. The maximum atomic E-state index is 12.2. The fourth-order valence-corrected chi connectivity index (χ4v) is 3.48. The number of hydrogen-bond acceptors (Lipinski definition) is 4. The predicted octanol–water partition coefficient (Wildman–Crippen LogP) is 1.78. The van der Waals surface area contributed by atoms with E-state index in [1.807, 2.05) is 18.2 Å². The number of carbonyl (C=O) groups is 1. The molecule has 1 aliphatic rings. The third-order valence-electron chi connectivity index (χ3n) is 4.94. The number of benzene rings is 1. The second kappa shape index (κ2) is 8.25. The number of carbonyl (C=O) groups excluding carboxylic acids is 1. The Morgan fingerprint density at radius 3 is 3.00 bits per heavy atom. The summed E-state index contributed by atoms with van der Waals surface area (Å²) < 4.78 is 1.58. The van der Waals surface area contributed by atoms with Gasteiger partial charge in [-0.2, -0.15) is 5.10 Å². The molecule has 6 heteroatoms. The molecule has 0 bridgehead atoms. The first kappa shape index (κ1) is 17.6. The van der Waals surface area contributed by atoms with Gasteiger partial charge in [0.25, 0.3) is 0 Å². The van der Waals surface area contributed by atoms with Gasteiger partial charge < -0.3 is 10.2 Å². The average Bonchev–Trinajstić information content (AvgIpc) is 2.63. The molecule has 134 valence electrons. The van der Waals surface area contributed by atoms with Gasteiger partial charge in [0.1, 0.15) is 6.54 Å². The van der Waals surface area contributed by atoms with E-state index in [0.29, 0.717) is 23.5 Å². The topological polar surface area (TPSA) is 67.2 Å². The lowest BCUT2D eigenvalue weighted by atomic mass is 10.0. The van der Waals surface area contributed by atoms with Gasteiger partial charge in [0, 0.05) is 24.5 Å². The molecule has 6 nitrogen and oxygen atoms in total. The van der Waals surface area contributed by atoms with Crippen molar-refractivity contribution >= 4 is 16.8 Å². The van der Waals surface area contributed by atoms with Crippen LogP contribution in [-0.4, -0.2) is 46.3 Å². The lowest BCUT2D eigenvalue weighted by molar-refractivity contribution is -0.121. The van der Waals surface area contributed by atoms with Gasteiger partial charge in [0.2, 0.25) is 11.3 Å². The van der Waals surface area contributed by atoms with Crippen LogP contribution in [0, 0.1) is 0 Å². The van der Waals surface area contributed by atoms with E-state index in [1.165, 1.54) is 32.0 Å². The molecule has 0 saturated carbocycles. The fraction of sp³-hybridized carbons (Fsp3) is 0.526. The smallest absolute Gasteiger partial charge is 0.241 e. The molecule has 0 aliphatic carbocycles. The van der Waals surface area contributed by atoms with Crippen molar-refractivity contribution < 1.29 is 4.79 Å². The van der Waals surface area contributed by atoms with E-state index in [-0.39, 0.29) is 17.9 Å². The summed E-state index contributed by atoms with van der Waals surface area (Å²) in [6.07, 6.45) is 6.11. The Kier molecular flexibility index (Phi) is 5.81. The third kappa shape index (κ3) is 4.45. The summed E-state index contributed by atoms with van der Waals surface area (Å²) in [6, 6.07) is 7.89. The standard InChI is InChI=1S/C19H26N4O2/c1-15-7-4-5-11-22(15)12-6-10-20-19(25)14-23-17-9-3-2-8-16(17)18(24)13-21-23/h2-3,8-9,13,15H,4-7,10-12,14H2,1H3,(H,20,25). The van der Waals surface area contributed by atoms with E-state index in [0.717, 1.165) is 13.0 Å². The van der Waals surface area contributed by atoms with Crippen molar-refractivity contribution in [2.45, 2.75) is 45.2 Å². The van der Waals surface area contributed by atoms with Crippen LogP contribution < -0.4 is 10.7 Å². The van der Waals surface area contributed by atoms with Gasteiger partial charge in [-0.1, -0.05) is 18.6 Å². The number of piperidine rings is 1. The molecular weight excluding hydrogens is 316 g/mol. The number of fused-ring (bicyclic) bond motifs is 1. The van der Waals surface area contributed by atoms with Gasteiger partial charge in [0.05, 0.1) is 11.7 Å². The van der Waals surface area contributed by atoms with Gasteiger partial charge in [-0.25, -0.2) is 0 Å². The minimum absolute atomic E-state index is 0.0759. The first-order chi connectivity index (χ1) is 12.1. The molecule has 0 radical (unpaired) electrons. The van der Waals surface area contributed by atoms with E-state index < -0.39 is 0 Å². The highest BCUT2D eigenvalue weighted by Crippen LogP contribution is 2.16. The second-order valence-corrected chi connectivity index (χ2v) is 6.77. The number of nitrogens with zero attached hydrogens (tertiary/aromatic N) is 3. The summed E-state index contributed by atoms with van der Waals surface area (Å²) in [6.45, 7) is 5.27. The quantitative estimate of drug-likeness (QED) is 0.813. The summed E-state index contributed by atoms with van der Waals surface area (Å²) >= 11 is 0. The average molecular weight is 342 g/mol. The Morgan fingerprint density at radius 2 is 2.16 bits per heavy atom. The van der Waals surface area contributed by atoms with Crippen LogP contribution in [0.1, 0.15) is 32.6 Å². The minimum atomic E-state index is -0.122. The number of rotatable bonds is 6. The van der Waals surface area contributed by atoms with Crippen LogP contribution in [0.2, 0.25) is 0 Å². The molecule has 1 saturated heterocycles. The van der Waals surface area contributed by atoms with Crippen molar-refractivity contribution in [1.82, 2.24) is 20.0 Å². The summed E-state index contributed by atoms with van der Waals surface area (Å²) in [7, 11) is 0. The fourth-order valence-electron chi connectivity index (χ4n) is 3.48. The predicted molar refractivity (Wildman–Crippen MR) is 98.5 cm³/mol. The molecule has 1 atom stereocenters. The Hall–Kier alpha value is -2.21. The molecule has 1 N–H and O–H groups in total. The molecule has 1 aromatic carbocycles. The molecule has 0 spiro atoms. The molecule has 25 heavy (non-hydrogen) atoms. The van der Waals surface area contributed by atoms with Gasteiger partial charge in [0.15, 0.2) is 0 Å². The Bertz CT molecular complexity index is 786. The van der Waals surface area contributed by atoms with Crippen LogP contribution >= 0.6 is 0 Å². The molecule has 1 amide bonds. The summed E-state index contributed by atoms with van der Waals surface area (Å²) in [5.74, 6) is -0.0759. The maximum absolute atomic E-state index is 12.2. The minimum Gasteiger partial charge on any atom is -0.354 e. The SMILES string of the molecule is CC1CCCCN1CCCNC(=O)Cn1ncc(=O)c2ccccc21. The Morgan fingerprint density at radius 1 is 1.32 bits per heavy atom. The molecule has 3 rings (SSSR count). The van der Waals surface area contributed by atoms with Crippen molar-refractivity contribution in [3.05, 3.63) is 40.7 Å². The number of nitrogens with one attached hydrogen (secondary N) is 1. The first-order valence-electron chi connectivity index (χ1n) is 9.11. The second-order valence-electron chi connectivity index (χ2n) is 6.77. The lowest BCUT2D eigenvalue weighted by Crippen LogP contribution is -2.39. The lowest BCUT2D eigenvalue weighted by Gasteiger charge is -2.33. The van der Waals surface area contributed by atoms with E-state index in [9.17, 15) is 9.59 Å². The van der Waals surface area contributed by atoms with Gasteiger partial charge in [-0.3, -0.25) is 14.3 Å². The van der Waals surface area contributed by atoms with E-state index >= 15 is 0 Å². The van der Waals surface area contributed by atoms with E-state index in [4.69, 9.17) is 0 Å². The van der Waals surface area contributed by atoms with E-state index in [1.54, 1.807) is 10.7 Å². The highest BCUT2D eigenvalue weighted by Gasteiger charge is 2.17. The number of para-hydroxylation sites is 1. The van der Waals surface area contributed by atoms with Crippen LogP contribution in [0.15, 0.2) is 35.3 Å². The summed E-state index contributed by atoms with van der Waals surface area (Å²) in [5.41, 5.74) is 0.565. The zero-order valence-electron chi connectivity index (χ0n) is 14.8. The normalized spacial score (nSPS) is 18.4. The molecular formula is C19H26N4O2. The molecule has 2 heterocycles. The van der Waals surface area contributed by atoms with Crippen LogP contribution in [0.5, 0.6) is 0 Å². The number of amides is 1. The summed E-state index contributed by atoms with van der Waals surface area (Å²) in [5, 5.41) is 7.64. The largest absolute Gasteiger partial charge is 0.354 e. The molecule has 2 aromatic rings. The van der Waals surface area contributed by atoms with Gasteiger partial charge >= 0.3 is 0 Å². The monoisotopic (exact) mass is 342 g/mol. The van der Waals surface area contributed by atoms with Crippen molar-refractivity contribution in [2.75, 3.05) is 19.6 Å². The van der Waals surface area contributed by atoms with Crippen molar-refractivity contribution in [1.29, 1.82) is 0 Å². The van der Waals surface area contributed by atoms with Crippen molar-refractivity contribution in [3.63, 3.8) is 0 Å². The highest BCUT2D eigenvalue weighted by atomic mass is 16.2. The summed E-state index contributed by atoms with van der Waals surface area (Å²) in [4.78, 5) is 26.5. The number of aromatic nitrogens is 2. The zero-order valence-corrected chi connectivity index (χ0v) is 14.8. The Balaban J connectivity index is 1.50. The highest BCUT2D eigenvalue weighted by molar-refractivity contribution is 5.81. The van der Waals surface area contributed by atoms with Crippen LogP contribution in [0.4, 0.5) is 0 Å². The van der Waals surface area contributed by atoms with Gasteiger partial charge in [-0.15, -0.1) is 0 Å².